The fourth-order valence-electron chi connectivity index (χ4n) is 16.5. The Morgan fingerprint density at radius 2 is 1.44 bits per heavy atom. The maximum Gasteiger partial charge on any atom is 0.312 e. The number of rotatable bonds is 14. The largest absolute Gasteiger partial charge is 0.547 e. The minimum atomic E-state index is -2.20. The highest BCUT2D eigenvalue weighted by atomic mass is 16.8. The van der Waals surface area contributed by atoms with Crippen LogP contribution in [-0.4, -0.2) is 212 Å². The van der Waals surface area contributed by atoms with E-state index in [9.17, 15) is 70.6 Å². The number of carbonyl (C=O) groups excluding carboxylic acids is 3. The molecule has 77 heavy (non-hydrogen) atoms. The standard InChI is InChI=1S/C54H84O23/c1-22(23(2)71-24(3)57)45(68)70-21-54-26-16-49(4,5)43(42(54)65)73-32(54)17-53(9)25(26)10-11-30-50(6)14-13-31(51(7,20-56)29(50)12-15-52(30,53)8)74-48-40(76-46-36(62)33(59)27(58)19-69-46)38(64)39(41(77-48)44(66)67)75-47-37(63)35(61)34(60)28(18-55)72-47/h10,22-23,26-43,46-48,55-56,58-65H,11-21H2,1-9H3,(H,66,67)/p-1/t22?,23?,26-,27+,28+,29+,30+,31-,32+,33-,34+,35-,36+,37+,38-,39-,40+,41-,42?,43+,46-,47-,48+,50-,51-,52+,53+,54-/m0/s1. The van der Waals surface area contributed by atoms with Crippen molar-refractivity contribution in [2.75, 3.05) is 26.4 Å². The highest BCUT2D eigenvalue weighted by Crippen LogP contribution is 2.77. The number of ether oxygens (including phenoxy) is 9. The van der Waals surface area contributed by atoms with Crippen molar-refractivity contribution in [1.29, 1.82) is 0 Å². The molecule has 438 valence electrons. The van der Waals surface area contributed by atoms with Gasteiger partial charge < -0.3 is 104 Å². The van der Waals surface area contributed by atoms with Crippen LogP contribution in [0.15, 0.2) is 11.6 Å². The Labute approximate surface area is 448 Å². The molecule has 0 aromatic heterocycles. The SMILES string of the molecule is CC(=O)OC(C)C(C)C(=O)OC[C@@]12C(O)[C@H]3O[C@@H]1C[C@]1(C)C(=CC[C@@H]4[C@@]5(C)CC[C@H](O[C@@H]6O[C@H](C(=O)[O-])[C@@H](O[C@@H]7O[C@H](CO)[C@@H](O)[C@H](O)[C@H]7O)[C@H](O)[C@H]6O[C@@H]6OC[C@@H](O)[C@H](O)[C@H]6O)[C@@](C)(CO)[C@@H]5CC[C@]41C)[C@@H]2CC3(C)C. The summed E-state index contributed by atoms with van der Waals surface area (Å²) in [4.78, 5) is 38.3. The summed E-state index contributed by atoms with van der Waals surface area (Å²) < 4.78 is 54.1. The Bertz CT molecular complexity index is 2230. The molecule has 3 unspecified atom stereocenters. The molecule has 9 aliphatic rings. The number of carbonyl (C=O) groups is 3. The maximum atomic E-state index is 13.6. The second kappa shape index (κ2) is 21.0. The molecule has 2 bridgehead atoms. The van der Waals surface area contributed by atoms with Gasteiger partial charge in [-0.2, -0.15) is 0 Å². The first kappa shape index (κ1) is 59.1. The van der Waals surface area contributed by atoms with Gasteiger partial charge in [-0.1, -0.05) is 53.2 Å². The lowest BCUT2D eigenvalue weighted by Gasteiger charge is -2.71. The van der Waals surface area contributed by atoms with Crippen molar-refractivity contribution >= 4 is 17.9 Å². The van der Waals surface area contributed by atoms with Crippen molar-refractivity contribution in [2.45, 2.75) is 224 Å². The molecule has 23 heteroatoms. The van der Waals surface area contributed by atoms with Crippen molar-refractivity contribution in [2.24, 2.45) is 56.2 Å². The molecular weight excluding hydrogens is 1020 g/mol. The molecule has 0 amide bonds. The third-order valence-electron chi connectivity index (χ3n) is 21.3. The molecule has 28 atom stereocenters. The van der Waals surface area contributed by atoms with E-state index in [1.807, 2.05) is 6.92 Å². The second-order valence-electron chi connectivity index (χ2n) is 25.8. The van der Waals surface area contributed by atoms with Crippen LogP contribution in [0.5, 0.6) is 0 Å². The van der Waals surface area contributed by atoms with Crippen LogP contribution in [0.2, 0.25) is 0 Å². The predicted molar refractivity (Wildman–Crippen MR) is 258 cm³/mol. The van der Waals surface area contributed by atoms with E-state index in [1.165, 1.54) is 12.5 Å². The van der Waals surface area contributed by atoms with Crippen molar-refractivity contribution in [1.82, 2.24) is 0 Å². The number of allylic oxidation sites excluding steroid dienone is 2. The van der Waals surface area contributed by atoms with Gasteiger partial charge in [-0.05, 0) is 98.2 Å². The number of fused-ring (bicyclic) bond motifs is 7. The Hall–Kier alpha value is -2.53. The van der Waals surface area contributed by atoms with E-state index in [4.69, 9.17) is 42.6 Å². The minimum Gasteiger partial charge on any atom is -0.547 e. The monoisotopic (exact) mass is 1100 g/mol. The van der Waals surface area contributed by atoms with Gasteiger partial charge in [-0.15, -0.1) is 0 Å². The van der Waals surface area contributed by atoms with Gasteiger partial charge in [-0.25, -0.2) is 0 Å². The molecule has 23 nitrogen and oxygen atoms in total. The maximum absolute atomic E-state index is 13.6. The number of aliphatic carboxylic acids is 1. The summed E-state index contributed by atoms with van der Waals surface area (Å²) in [6.07, 6.45) is -23.3. The van der Waals surface area contributed by atoms with Crippen molar-refractivity contribution in [3.05, 3.63) is 11.6 Å². The fourth-order valence-corrected chi connectivity index (χ4v) is 16.5. The fraction of sp³-hybridized carbons (Fsp3) is 0.907. The van der Waals surface area contributed by atoms with Crippen LogP contribution in [-0.2, 0) is 57.0 Å². The van der Waals surface area contributed by atoms with Gasteiger partial charge in [0.15, 0.2) is 18.9 Å². The Kier molecular flexibility index (Phi) is 16.1. The van der Waals surface area contributed by atoms with E-state index < -0.39 is 187 Å². The zero-order valence-corrected chi connectivity index (χ0v) is 45.4. The topological polar surface area (TPSA) is 360 Å². The summed E-state index contributed by atoms with van der Waals surface area (Å²) in [5, 5.41) is 123. The number of aliphatic hydroxyl groups excluding tert-OH is 10. The molecule has 9 rings (SSSR count). The molecule has 0 spiro atoms. The van der Waals surface area contributed by atoms with E-state index in [2.05, 4.69) is 40.7 Å². The quantitative estimate of drug-likeness (QED) is 0.0515. The lowest BCUT2D eigenvalue weighted by atomic mass is 9.33. The first-order valence-corrected chi connectivity index (χ1v) is 27.4. The van der Waals surface area contributed by atoms with Crippen molar-refractivity contribution in [3.63, 3.8) is 0 Å². The predicted octanol–water partition coefficient (Wildman–Crippen LogP) is -1.92. The van der Waals surface area contributed by atoms with Crippen LogP contribution >= 0.6 is 0 Å². The number of carboxylic acid groups (broad SMARTS) is 1. The van der Waals surface area contributed by atoms with Gasteiger partial charge >= 0.3 is 11.9 Å². The van der Waals surface area contributed by atoms with Crippen LogP contribution in [0.25, 0.3) is 0 Å². The van der Waals surface area contributed by atoms with Crippen LogP contribution in [0, 0.1) is 56.2 Å². The smallest absolute Gasteiger partial charge is 0.312 e. The van der Waals surface area contributed by atoms with E-state index in [1.54, 1.807) is 13.8 Å². The average Bonchev–Trinajstić information content (AvgIpc) is 3.95. The van der Waals surface area contributed by atoms with Crippen LogP contribution in [0.4, 0.5) is 0 Å². The number of aliphatic hydroxyl groups is 10. The average molecular weight is 1100 g/mol. The highest BCUT2D eigenvalue weighted by molar-refractivity contribution is 5.74. The van der Waals surface area contributed by atoms with Gasteiger partial charge in [-0.3, -0.25) is 9.59 Å². The molecule has 5 aliphatic carbocycles. The van der Waals surface area contributed by atoms with Crippen molar-refractivity contribution < 1.29 is 113 Å². The highest BCUT2D eigenvalue weighted by Gasteiger charge is 2.76. The minimum absolute atomic E-state index is 0.0399. The third kappa shape index (κ3) is 9.25. The molecule has 0 aromatic rings. The normalized spacial score (nSPS) is 51.7. The molecule has 4 saturated heterocycles. The van der Waals surface area contributed by atoms with E-state index in [0.717, 1.165) is 0 Å². The molecule has 0 radical (unpaired) electrons. The zero-order chi connectivity index (χ0) is 56.4. The van der Waals surface area contributed by atoms with Gasteiger partial charge in [0.1, 0.15) is 79.9 Å². The van der Waals surface area contributed by atoms with Crippen LogP contribution in [0.3, 0.4) is 0 Å². The number of hydrogen-bond acceptors (Lipinski definition) is 23. The van der Waals surface area contributed by atoms with Gasteiger partial charge in [0.2, 0.25) is 0 Å². The van der Waals surface area contributed by atoms with Gasteiger partial charge in [0, 0.05) is 12.3 Å². The molecular formula is C54H83O23-. The Morgan fingerprint density at radius 1 is 0.766 bits per heavy atom. The summed E-state index contributed by atoms with van der Waals surface area (Å²) in [6.45, 7) is 15.8. The summed E-state index contributed by atoms with van der Waals surface area (Å²) in [7, 11) is 0. The second-order valence-corrected chi connectivity index (χ2v) is 25.8. The summed E-state index contributed by atoms with van der Waals surface area (Å²) in [5.41, 5.74) is -2.45. The van der Waals surface area contributed by atoms with Gasteiger partial charge in [0.05, 0.1) is 61.5 Å². The lowest BCUT2D eigenvalue weighted by Crippen LogP contribution is -2.70. The summed E-state index contributed by atoms with van der Waals surface area (Å²) >= 11 is 0. The first-order valence-electron chi connectivity index (χ1n) is 27.4. The van der Waals surface area contributed by atoms with Gasteiger partial charge in [0.25, 0.3) is 0 Å². The molecule has 8 fully saturated rings. The molecule has 4 saturated carbocycles. The zero-order valence-electron chi connectivity index (χ0n) is 45.4. The van der Waals surface area contributed by atoms with Crippen molar-refractivity contribution in [3.8, 4) is 0 Å². The van der Waals surface area contributed by atoms with E-state index in [0.29, 0.717) is 44.9 Å². The summed E-state index contributed by atoms with van der Waals surface area (Å²) in [5.74, 6) is -4.10. The van der Waals surface area contributed by atoms with E-state index >= 15 is 0 Å². The molecule has 4 aliphatic heterocycles. The van der Waals surface area contributed by atoms with Crippen LogP contribution in [0.1, 0.15) is 107 Å². The molecule has 0 aromatic carbocycles. The lowest BCUT2D eigenvalue weighted by molar-refractivity contribution is -0.399. The third-order valence-corrected chi connectivity index (χ3v) is 21.3. The summed E-state index contributed by atoms with van der Waals surface area (Å²) in [6, 6.07) is 0. The number of esters is 2. The van der Waals surface area contributed by atoms with E-state index in [-0.39, 0.29) is 29.8 Å². The molecule has 4 heterocycles. The number of hydrogen-bond donors (Lipinski definition) is 10. The molecule has 10 N–H and O–H groups in total. The Balaban J connectivity index is 0.998. The first-order chi connectivity index (χ1) is 36.0. The Morgan fingerprint density at radius 3 is 2.09 bits per heavy atom. The van der Waals surface area contributed by atoms with Crippen LogP contribution < -0.4 is 5.11 Å². The number of carboxylic acids is 1.